The maximum atomic E-state index is 5.59. The molecular formula is C22H30N2O2. The van der Waals surface area contributed by atoms with Crippen LogP contribution in [0.15, 0.2) is 36.5 Å². The molecule has 0 aliphatic heterocycles. The molecule has 0 saturated heterocycles. The van der Waals surface area contributed by atoms with Crippen LogP contribution in [0.3, 0.4) is 0 Å². The fourth-order valence-corrected chi connectivity index (χ4v) is 3.88. The zero-order valence-electron chi connectivity index (χ0n) is 16.1. The summed E-state index contributed by atoms with van der Waals surface area (Å²) in [6.07, 6.45) is 7.51. The molecule has 0 spiro atoms. The van der Waals surface area contributed by atoms with Gasteiger partial charge in [-0.3, -0.25) is 4.98 Å². The predicted octanol–water partition coefficient (Wildman–Crippen LogP) is 5.19. The van der Waals surface area contributed by atoms with Gasteiger partial charge in [-0.1, -0.05) is 19.1 Å². The number of pyridine rings is 1. The van der Waals surface area contributed by atoms with E-state index in [0.717, 1.165) is 29.3 Å². The molecule has 1 aromatic heterocycles. The zero-order chi connectivity index (χ0) is 18.4. The van der Waals surface area contributed by atoms with Crippen LogP contribution < -0.4 is 14.8 Å². The molecule has 26 heavy (non-hydrogen) atoms. The van der Waals surface area contributed by atoms with Gasteiger partial charge in [0.15, 0.2) is 5.75 Å². The Hall–Kier alpha value is -2.23. The topological polar surface area (TPSA) is 43.4 Å². The van der Waals surface area contributed by atoms with E-state index in [1.807, 2.05) is 19.2 Å². The van der Waals surface area contributed by atoms with E-state index >= 15 is 0 Å². The van der Waals surface area contributed by atoms with Crippen molar-refractivity contribution < 1.29 is 9.47 Å². The molecule has 0 bridgehead atoms. The van der Waals surface area contributed by atoms with Gasteiger partial charge < -0.3 is 14.8 Å². The Labute approximate surface area is 156 Å². The van der Waals surface area contributed by atoms with E-state index in [9.17, 15) is 0 Å². The van der Waals surface area contributed by atoms with Crippen LogP contribution in [0.25, 0.3) is 0 Å². The lowest BCUT2D eigenvalue weighted by Crippen LogP contribution is -2.25. The molecule has 3 rings (SSSR count). The van der Waals surface area contributed by atoms with Crippen LogP contribution in [0, 0.1) is 0 Å². The van der Waals surface area contributed by atoms with Crippen molar-refractivity contribution in [3.05, 3.63) is 47.8 Å². The van der Waals surface area contributed by atoms with Crippen molar-refractivity contribution in [1.82, 2.24) is 4.98 Å². The maximum absolute atomic E-state index is 5.59. The van der Waals surface area contributed by atoms with Crippen molar-refractivity contribution in [2.75, 3.05) is 19.0 Å². The number of anilines is 1. The Morgan fingerprint density at radius 3 is 2.38 bits per heavy atom. The van der Waals surface area contributed by atoms with Gasteiger partial charge in [-0.25, -0.2) is 0 Å². The molecule has 4 heteroatoms. The summed E-state index contributed by atoms with van der Waals surface area (Å²) >= 11 is 0. The minimum absolute atomic E-state index is 0.495. The summed E-state index contributed by atoms with van der Waals surface area (Å²) in [5.41, 5.74) is 3.52. The molecule has 0 unspecified atom stereocenters. The molecular weight excluding hydrogens is 324 g/mol. The molecule has 4 nitrogen and oxygen atoms in total. The molecule has 1 saturated carbocycles. The molecule has 1 aromatic carbocycles. The first-order valence-corrected chi connectivity index (χ1v) is 9.76. The predicted molar refractivity (Wildman–Crippen MR) is 106 cm³/mol. The standard InChI is InChI=1S/C22H30N2O2/c1-4-20-22(25-3)21(14-15-23-20)24-18-10-6-16(7-11-18)17-8-12-19(13-9-17)26-5-2/h8-9,12-16,18H,4-7,10-11H2,1-3H3,(H,23,24). The summed E-state index contributed by atoms with van der Waals surface area (Å²) < 4.78 is 11.1. The van der Waals surface area contributed by atoms with Crippen LogP contribution in [-0.2, 0) is 6.42 Å². The second-order valence-corrected chi connectivity index (χ2v) is 6.89. The summed E-state index contributed by atoms with van der Waals surface area (Å²) in [6.45, 7) is 4.84. The third-order valence-corrected chi connectivity index (χ3v) is 5.27. The Morgan fingerprint density at radius 1 is 1.04 bits per heavy atom. The number of hydrogen-bond donors (Lipinski definition) is 1. The lowest BCUT2D eigenvalue weighted by molar-refractivity contribution is 0.340. The van der Waals surface area contributed by atoms with Crippen molar-refractivity contribution >= 4 is 5.69 Å². The van der Waals surface area contributed by atoms with Crippen LogP contribution in [0.4, 0.5) is 5.69 Å². The number of methoxy groups -OCH3 is 1. The Bertz CT molecular complexity index is 692. The maximum Gasteiger partial charge on any atom is 0.163 e. The lowest BCUT2D eigenvalue weighted by atomic mass is 9.81. The number of aryl methyl sites for hydroxylation is 1. The minimum Gasteiger partial charge on any atom is -0.494 e. The summed E-state index contributed by atoms with van der Waals surface area (Å²) in [5.74, 6) is 2.50. The Balaban J connectivity index is 1.59. The average molecular weight is 354 g/mol. The Kier molecular flexibility index (Phi) is 6.37. The summed E-state index contributed by atoms with van der Waals surface area (Å²) in [5, 5.41) is 3.69. The highest BCUT2D eigenvalue weighted by Gasteiger charge is 2.23. The number of ether oxygens (including phenoxy) is 2. The van der Waals surface area contributed by atoms with E-state index in [4.69, 9.17) is 9.47 Å². The van der Waals surface area contributed by atoms with Crippen LogP contribution in [0.1, 0.15) is 56.7 Å². The lowest BCUT2D eigenvalue weighted by Gasteiger charge is -2.30. The smallest absolute Gasteiger partial charge is 0.163 e. The molecule has 2 aromatic rings. The molecule has 140 valence electrons. The van der Waals surface area contributed by atoms with Crippen LogP contribution in [0.5, 0.6) is 11.5 Å². The Morgan fingerprint density at radius 2 is 1.77 bits per heavy atom. The third kappa shape index (κ3) is 4.29. The molecule has 1 heterocycles. The first-order chi connectivity index (χ1) is 12.7. The number of nitrogens with one attached hydrogen (secondary N) is 1. The average Bonchev–Trinajstić information content (AvgIpc) is 2.69. The zero-order valence-corrected chi connectivity index (χ0v) is 16.1. The van der Waals surface area contributed by atoms with E-state index in [1.54, 1.807) is 7.11 Å². The summed E-state index contributed by atoms with van der Waals surface area (Å²) in [6, 6.07) is 11.2. The van der Waals surface area contributed by atoms with Crippen molar-refractivity contribution in [3.63, 3.8) is 0 Å². The van der Waals surface area contributed by atoms with Gasteiger partial charge >= 0.3 is 0 Å². The van der Waals surface area contributed by atoms with Gasteiger partial charge in [0.05, 0.1) is 25.1 Å². The molecule has 1 aliphatic carbocycles. The summed E-state index contributed by atoms with van der Waals surface area (Å²) in [4.78, 5) is 4.42. The van der Waals surface area contributed by atoms with Crippen LogP contribution >= 0.6 is 0 Å². The van der Waals surface area contributed by atoms with E-state index in [0.29, 0.717) is 18.6 Å². The minimum atomic E-state index is 0.495. The quantitative estimate of drug-likeness (QED) is 0.743. The monoisotopic (exact) mass is 354 g/mol. The van der Waals surface area contributed by atoms with Gasteiger partial charge in [0.2, 0.25) is 0 Å². The second-order valence-electron chi connectivity index (χ2n) is 6.89. The first kappa shape index (κ1) is 18.6. The summed E-state index contributed by atoms with van der Waals surface area (Å²) in [7, 11) is 1.73. The largest absolute Gasteiger partial charge is 0.494 e. The molecule has 1 aliphatic rings. The van der Waals surface area contributed by atoms with Gasteiger partial charge in [0.25, 0.3) is 0 Å². The fourth-order valence-electron chi connectivity index (χ4n) is 3.88. The second kappa shape index (κ2) is 8.93. The first-order valence-electron chi connectivity index (χ1n) is 9.76. The normalized spacial score (nSPS) is 19.8. The van der Waals surface area contributed by atoms with Crippen LogP contribution in [0.2, 0.25) is 0 Å². The van der Waals surface area contributed by atoms with E-state index in [1.165, 1.54) is 31.2 Å². The van der Waals surface area contributed by atoms with Crippen molar-refractivity contribution in [2.24, 2.45) is 0 Å². The third-order valence-electron chi connectivity index (χ3n) is 5.27. The van der Waals surface area contributed by atoms with Crippen LogP contribution in [-0.4, -0.2) is 24.7 Å². The molecule has 0 radical (unpaired) electrons. The van der Waals surface area contributed by atoms with E-state index in [-0.39, 0.29) is 0 Å². The number of hydrogen-bond acceptors (Lipinski definition) is 4. The van der Waals surface area contributed by atoms with Gasteiger partial charge in [-0.05, 0) is 68.7 Å². The SMILES string of the molecule is CCOc1ccc(C2CCC(Nc3ccnc(CC)c3OC)CC2)cc1. The van der Waals surface area contributed by atoms with Crippen molar-refractivity contribution in [2.45, 2.75) is 57.9 Å². The van der Waals surface area contributed by atoms with Gasteiger partial charge in [0.1, 0.15) is 5.75 Å². The van der Waals surface area contributed by atoms with E-state index < -0.39 is 0 Å². The van der Waals surface area contributed by atoms with Gasteiger partial charge in [-0.2, -0.15) is 0 Å². The number of nitrogens with zero attached hydrogens (tertiary/aromatic N) is 1. The molecule has 1 fully saturated rings. The van der Waals surface area contributed by atoms with E-state index in [2.05, 4.69) is 41.5 Å². The molecule has 0 amide bonds. The van der Waals surface area contributed by atoms with Gasteiger partial charge in [-0.15, -0.1) is 0 Å². The highest BCUT2D eigenvalue weighted by molar-refractivity contribution is 5.58. The van der Waals surface area contributed by atoms with Gasteiger partial charge in [0, 0.05) is 12.2 Å². The number of benzene rings is 1. The molecule has 1 N–H and O–H groups in total. The molecule has 0 atom stereocenters. The number of aromatic nitrogens is 1. The fraction of sp³-hybridized carbons (Fsp3) is 0.500. The van der Waals surface area contributed by atoms with Crippen molar-refractivity contribution in [1.29, 1.82) is 0 Å². The highest BCUT2D eigenvalue weighted by atomic mass is 16.5. The highest BCUT2D eigenvalue weighted by Crippen LogP contribution is 2.36. The number of rotatable bonds is 7. The van der Waals surface area contributed by atoms with Crippen molar-refractivity contribution in [3.8, 4) is 11.5 Å².